The molecule has 6 atom stereocenters. The normalized spacial score (nSPS) is 29.1. The van der Waals surface area contributed by atoms with Gasteiger partial charge in [-0.3, -0.25) is 23.9 Å². The van der Waals surface area contributed by atoms with Gasteiger partial charge in [0.1, 0.15) is 24.3 Å². The molecule has 0 bridgehead atoms. The molecule has 3 saturated heterocycles. The lowest BCUT2D eigenvalue weighted by Gasteiger charge is -2.36. The highest BCUT2D eigenvalue weighted by atomic mass is 35.5. The first-order valence-electron chi connectivity index (χ1n) is 15.3. The van der Waals surface area contributed by atoms with E-state index < -0.39 is 41.6 Å². The van der Waals surface area contributed by atoms with Crippen molar-refractivity contribution in [3.63, 3.8) is 0 Å². The molecule has 11 heteroatoms. The van der Waals surface area contributed by atoms with E-state index in [1.165, 1.54) is 18.0 Å². The van der Waals surface area contributed by atoms with E-state index in [0.29, 0.717) is 37.6 Å². The summed E-state index contributed by atoms with van der Waals surface area (Å²) in [4.78, 5) is 45.8. The molecule has 5 rings (SSSR count). The van der Waals surface area contributed by atoms with Crippen molar-refractivity contribution < 1.29 is 32.4 Å². The molecule has 0 radical (unpaired) electrons. The highest BCUT2D eigenvalue weighted by Gasteiger charge is 2.59. The van der Waals surface area contributed by atoms with E-state index in [9.17, 15) is 18.8 Å². The number of benzene rings is 2. The number of rotatable bonds is 6. The SMILES string of the molecule is CNC(=O)[C@@H]1C[C@H](N(C(=O)[C@@H]2CCCO2)c2ccc(F)cc2F)C[N+]1(C)C(=O)[C@@H]1CN(C(C)(C)C)C[C@H]1c1ccc(Cl)cc1. The standard InChI is InChI=1S/C33H41ClF2N4O4/c1-33(2,3)38-17-24(20-8-10-21(34)11-9-20)25(18-38)32(43)40(5)19-23(16-28(40)30(41)37-4)39(31(42)29-7-6-14-44-29)27-13-12-22(35)15-26(27)36/h8-13,15,23-25,28-29H,6-7,14,16-19H2,1-5H3/p+1/t23-,24-,25+,28-,29-,40?/m0/s1. The van der Waals surface area contributed by atoms with Crippen LogP contribution in [0, 0.1) is 17.6 Å². The van der Waals surface area contributed by atoms with Crippen LogP contribution in [0.15, 0.2) is 42.5 Å². The zero-order valence-electron chi connectivity index (χ0n) is 26.0. The van der Waals surface area contributed by atoms with Crippen molar-refractivity contribution in [3.8, 4) is 0 Å². The molecule has 0 saturated carbocycles. The third-order valence-electron chi connectivity index (χ3n) is 9.69. The third kappa shape index (κ3) is 6.14. The summed E-state index contributed by atoms with van der Waals surface area (Å²) in [5.74, 6) is -3.14. The van der Waals surface area contributed by atoms with Crippen molar-refractivity contribution in [1.29, 1.82) is 0 Å². The molecule has 1 N–H and O–H groups in total. The number of anilines is 1. The number of nitrogens with zero attached hydrogens (tertiary/aromatic N) is 3. The van der Waals surface area contributed by atoms with Crippen LogP contribution < -0.4 is 10.2 Å². The number of ether oxygens (including phenoxy) is 1. The molecule has 3 fully saturated rings. The summed E-state index contributed by atoms with van der Waals surface area (Å²) >= 11 is 6.19. The number of hydrogen-bond acceptors (Lipinski definition) is 5. The summed E-state index contributed by atoms with van der Waals surface area (Å²) < 4.78 is 34.7. The molecule has 3 heterocycles. The molecule has 2 aromatic rings. The van der Waals surface area contributed by atoms with Crippen molar-refractivity contribution in [1.82, 2.24) is 10.2 Å². The molecule has 3 aliphatic rings. The first-order valence-corrected chi connectivity index (χ1v) is 15.6. The van der Waals surface area contributed by atoms with Crippen LogP contribution in [-0.4, -0.2) is 91.2 Å². The summed E-state index contributed by atoms with van der Waals surface area (Å²) in [5.41, 5.74) is 0.700. The molecule has 2 aromatic carbocycles. The monoisotopic (exact) mass is 631 g/mol. The van der Waals surface area contributed by atoms with Crippen molar-refractivity contribution >= 4 is 35.0 Å². The average molecular weight is 632 g/mol. The molecule has 3 aliphatic heterocycles. The van der Waals surface area contributed by atoms with Crippen LogP contribution in [0.3, 0.4) is 0 Å². The molecule has 0 aliphatic carbocycles. The van der Waals surface area contributed by atoms with Gasteiger partial charge in [-0.05, 0) is 63.4 Å². The summed E-state index contributed by atoms with van der Waals surface area (Å²) in [6.45, 7) is 7.98. The van der Waals surface area contributed by atoms with Gasteiger partial charge < -0.3 is 10.1 Å². The fourth-order valence-corrected chi connectivity index (χ4v) is 7.35. The fraction of sp³-hybridized carbons (Fsp3) is 0.545. The minimum Gasteiger partial charge on any atom is -0.368 e. The predicted octanol–water partition coefficient (Wildman–Crippen LogP) is 4.50. The first-order chi connectivity index (χ1) is 20.7. The van der Waals surface area contributed by atoms with Crippen LogP contribution in [0.4, 0.5) is 14.5 Å². The van der Waals surface area contributed by atoms with Crippen LogP contribution in [0.25, 0.3) is 0 Å². The Kier molecular flexibility index (Phi) is 9.20. The van der Waals surface area contributed by atoms with Gasteiger partial charge >= 0.3 is 5.91 Å². The number of likely N-dealkylation sites (N-methyl/N-ethyl adjacent to an activating group) is 2. The molecule has 0 spiro atoms. The maximum absolute atomic E-state index is 15.3. The number of halogens is 3. The fourth-order valence-electron chi connectivity index (χ4n) is 7.22. The van der Waals surface area contributed by atoms with E-state index in [2.05, 4.69) is 31.0 Å². The Labute approximate surface area is 262 Å². The highest BCUT2D eigenvalue weighted by Crippen LogP contribution is 2.42. The third-order valence-corrected chi connectivity index (χ3v) is 9.94. The smallest absolute Gasteiger partial charge is 0.319 e. The first kappa shape index (κ1) is 32.5. The van der Waals surface area contributed by atoms with Gasteiger partial charge in [0.25, 0.3) is 11.8 Å². The maximum Gasteiger partial charge on any atom is 0.319 e. The lowest BCUT2D eigenvalue weighted by atomic mass is 9.87. The van der Waals surface area contributed by atoms with Crippen LogP contribution in [0.1, 0.15) is 51.5 Å². The summed E-state index contributed by atoms with van der Waals surface area (Å²) in [5, 5.41) is 3.31. The average Bonchev–Trinajstić information content (AvgIpc) is 3.73. The number of amides is 3. The molecule has 1 unspecified atom stereocenters. The lowest BCUT2D eigenvalue weighted by molar-refractivity contribution is -0.839. The zero-order chi connectivity index (χ0) is 32.0. The quantitative estimate of drug-likeness (QED) is 0.475. The molecule has 238 valence electrons. The second kappa shape index (κ2) is 12.5. The van der Waals surface area contributed by atoms with Gasteiger partial charge in [0, 0.05) is 55.7 Å². The Morgan fingerprint density at radius 3 is 2.39 bits per heavy atom. The Balaban J connectivity index is 1.54. The zero-order valence-corrected chi connectivity index (χ0v) is 26.7. The maximum atomic E-state index is 15.3. The molecule has 3 amide bonds. The largest absolute Gasteiger partial charge is 0.368 e. The Morgan fingerprint density at radius 2 is 1.80 bits per heavy atom. The van der Waals surface area contributed by atoms with E-state index >= 15 is 4.39 Å². The predicted molar refractivity (Wildman–Crippen MR) is 164 cm³/mol. The topological polar surface area (TPSA) is 79.0 Å². The van der Waals surface area contributed by atoms with Gasteiger partial charge in [0.15, 0.2) is 6.04 Å². The number of hydrogen-bond donors (Lipinski definition) is 1. The molecular formula is C33H42ClF2N4O4+. The van der Waals surface area contributed by atoms with Crippen molar-refractivity contribution in [2.75, 3.05) is 45.2 Å². The van der Waals surface area contributed by atoms with Crippen molar-refractivity contribution in [2.24, 2.45) is 5.92 Å². The summed E-state index contributed by atoms with van der Waals surface area (Å²) in [6.07, 6.45) is 0.504. The van der Waals surface area contributed by atoms with Crippen LogP contribution in [0.5, 0.6) is 0 Å². The van der Waals surface area contributed by atoms with E-state index in [0.717, 1.165) is 17.7 Å². The molecule has 0 aromatic heterocycles. The van der Waals surface area contributed by atoms with Gasteiger partial charge in [-0.25, -0.2) is 13.6 Å². The number of likely N-dealkylation sites (tertiary alicyclic amines) is 2. The van der Waals surface area contributed by atoms with Crippen LogP contribution >= 0.6 is 11.6 Å². The van der Waals surface area contributed by atoms with Gasteiger partial charge in [-0.15, -0.1) is 0 Å². The second-order valence-corrected chi connectivity index (χ2v) is 13.9. The van der Waals surface area contributed by atoms with Gasteiger partial charge in [-0.2, -0.15) is 0 Å². The Bertz CT molecular complexity index is 1410. The number of quaternary nitrogens is 1. The lowest BCUT2D eigenvalue weighted by Crippen LogP contribution is -2.61. The van der Waals surface area contributed by atoms with Crippen molar-refractivity contribution in [3.05, 3.63) is 64.7 Å². The van der Waals surface area contributed by atoms with E-state index in [1.54, 1.807) is 7.05 Å². The number of nitrogens with one attached hydrogen (secondary N) is 1. The van der Waals surface area contributed by atoms with E-state index in [-0.39, 0.29) is 46.4 Å². The van der Waals surface area contributed by atoms with E-state index in [1.807, 2.05) is 24.3 Å². The number of carbonyl (C=O) groups is 3. The molecular weight excluding hydrogens is 590 g/mol. The van der Waals surface area contributed by atoms with Gasteiger partial charge in [-0.1, -0.05) is 23.7 Å². The van der Waals surface area contributed by atoms with Crippen molar-refractivity contribution in [2.45, 2.75) is 69.7 Å². The molecule has 44 heavy (non-hydrogen) atoms. The highest BCUT2D eigenvalue weighted by molar-refractivity contribution is 6.30. The Hall–Kier alpha value is -2.92. The minimum atomic E-state index is -0.889. The summed E-state index contributed by atoms with van der Waals surface area (Å²) in [6, 6.07) is 9.09. The second-order valence-electron chi connectivity index (χ2n) is 13.5. The van der Waals surface area contributed by atoms with Crippen LogP contribution in [0.2, 0.25) is 5.02 Å². The van der Waals surface area contributed by atoms with E-state index in [4.69, 9.17) is 16.3 Å². The molecule has 8 nitrogen and oxygen atoms in total. The van der Waals surface area contributed by atoms with Crippen LogP contribution in [-0.2, 0) is 19.1 Å². The summed E-state index contributed by atoms with van der Waals surface area (Å²) in [7, 11) is 3.27. The Morgan fingerprint density at radius 1 is 1.09 bits per heavy atom. The number of carbonyl (C=O) groups excluding carboxylic acids is 3. The van der Waals surface area contributed by atoms with Gasteiger partial charge in [0.05, 0.1) is 24.7 Å². The minimum absolute atomic E-state index is 0.0888. The van der Waals surface area contributed by atoms with Gasteiger partial charge in [0.2, 0.25) is 0 Å².